The fourth-order valence-electron chi connectivity index (χ4n) is 3.32. The number of para-hydroxylation sites is 1. The molecule has 0 heterocycles. The van der Waals surface area contributed by atoms with Crippen molar-refractivity contribution in [1.82, 2.24) is 0 Å². The fourth-order valence-corrected chi connectivity index (χ4v) is 4.46. The Morgan fingerprint density at radius 1 is 0.867 bits per heavy atom. The molecule has 0 aliphatic carbocycles. The Hall–Kier alpha value is -3.12. The van der Waals surface area contributed by atoms with Gasteiger partial charge < -0.3 is 5.32 Å². The van der Waals surface area contributed by atoms with Crippen molar-refractivity contribution in [3.05, 3.63) is 89.0 Å². The van der Waals surface area contributed by atoms with Crippen LogP contribution in [0.3, 0.4) is 0 Å². The molecule has 3 rings (SSSR count). The van der Waals surface area contributed by atoms with Crippen molar-refractivity contribution in [2.75, 3.05) is 10.0 Å². The predicted octanol–water partition coefficient (Wildman–Crippen LogP) is 5.48. The van der Waals surface area contributed by atoms with Crippen LogP contribution in [0.2, 0.25) is 0 Å². The summed E-state index contributed by atoms with van der Waals surface area (Å²) in [6, 6.07) is 19.1. The number of hydrogen-bond acceptors (Lipinski definition) is 3. The largest absolute Gasteiger partial charge is 0.321 e. The summed E-state index contributed by atoms with van der Waals surface area (Å²) in [5, 5.41) is 3.02. The molecule has 0 atom stereocenters. The van der Waals surface area contributed by atoms with E-state index in [9.17, 15) is 13.2 Å². The van der Waals surface area contributed by atoms with E-state index in [4.69, 9.17) is 0 Å². The van der Waals surface area contributed by atoms with Gasteiger partial charge in [0.2, 0.25) is 0 Å². The normalized spacial score (nSPS) is 11.4. The van der Waals surface area contributed by atoms with Crippen LogP contribution in [0.15, 0.2) is 71.6 Å². The third-order valence-corrected chi connectivity index (χ3v) is 6.42. The van der Waals surface area contributed by atoms with Gasteiger partial charge >= 0.3 is 0 Å². The Morgan fingerprint density at radius 3 is 2.20 bits per heavy atom. The van der Waals surface area contributed by atoms with Gasteiger partial charge in [-0.2, -0.15) is 0 Å². The third kappa shape index (κ3) is 4.54. The molecule has 30 heavy (non-hydrogen) atoms. The molecular formula is C24H26N2O3S. The van der Waals surface area contributed by atoms with Crippen molar-refractivity contribution < 1.29 is 13.2 Å². The van der Waals surface area contributed by atoms with E-state index in [-0.39, 0.29) is 16.7 Å². The van der Waals surface area contributed by atoms with Gasteiger partial charge in [0, 0.05) is 11.3 Å². The van der Waals surface area contributed by atoms with Crippen LogP contribution in [0, 0.1) is 13.8 Å². The first-order valence-electron chi connectivity index (χ1n) is 9.79. The van der Waals surface area contributed by atoms with Crippen molar-refractivity contribution in [3.8, 4) is 0 Å². The maximum Gasteiger partial charge on any atom is 0.261 e. The monoisotopic (exact) mass is 422 g/mol. The van der Waals surface area contributed by atoms with E-state index in [1.54, 1.807) is 43.3 Å². The van der Waals surface area contributed by atoms with Crippen LogP contribution in [0.1, 0.15) is 46.8 Å². The minimum Gasteiger partial charge on any atom is -0.321 e. The van der Waals surface area contributed by atoms with E-state index in [1.165, 1.54) is 12.1 Å². The second-order valence-electron chi connectivity index (χ2n) is 7.54. The lowest BCUT2D eigenvalue weighted by Gasteiger charge is -2.18. The lowest BCUT2D eigenvalue weighted by atomic mass is 9.97. The zero-order chi connectivity index (χ0) is 21.9. The minimum absolute atomic E-state index is 0.167. The van der Waals surface area contributed by atoms with Crippen LogP contribution in [-0.4, -0.2) is 14.3 Å². The van der Waals surface area contributed by atoms with Gasteiger partial charge in [0.1, 0.15) is 0 Å². The Labute approximate surface area is 178 Å². The molecule has 0 bridgehead atoms. The van der Waals surface area contributed by atoms with Crippen molar-refractivity contribution in [2.24, 2.45) is 0 Å². The molecule has 1 amide bonds. The molecule has 3 aromatic rings. The van der Waals surface area contributed by atoms with Crippen molar-refractivity contribution >= 4 is 27.3 Å². The third-order valence-electron chi connectivity index (χ3n) is 5.04. The number of nitrogens with one attached hydrogen (secondary N) is 2. The number of aryl methyl sites for hydroxylation is 1. The number of rotatable bonds is 6. The number of benzene rings is 3. The van der Waals surface area contributed by atoms with Gasteiger partial charge in [0.15, 0.2) is 0 Å². The molecule has 0 aliphatic heterocycles. The predicted molar refractivity (Wildman–Crippen MR) is 122 cm³/mol. The summed E-state index contributed by atoms with van der Waals surface area (Å²) in [7, 11) is -3.74. The topological polar surface area (TPSA) is 75.3 Å². The van der Waals surface area contributed by atoms with E-state index in [0.29, 0.717) is 16.8 Å². The van der Waals surface area contributed by atoms with Gasteiger partial charge in [-0.05, 0) is 60.7 Å². The summed E-state index contributed by atoms with van der Waals surface area (Å²) < 4.78 is 28.0. The Balaban J connectivity index is 1.92. The van der Waals surface area contributed by atoms with Gasteiger partial charge in [0.05, 0.1) is 10.6 Å². The minimum atomic E-state index is -3.74. The van der Waals surface area contributed by atoms with E-state index in [2.05, 4.69) is 23.9 Å². The molecule has 156 valence electrons. The van der Waals surface area contributed by atoms with Crippen molar-refractivity contribution in [3.63, 3.8) is 0 Å². The van der Waals surface area contributed by atoms with E-state index in [1.807, 2.05) is 25.1 Å². The molecule has 0 aliphatic rings. The maximum atomic E-state index is 13.1. The van der Waals surface area contributed by atoms with Crippen LogP contribution < -0.4 is 10.0 Å². The highest BCUT2D eigenvalue weighted by Gasteiger charge is 2.19. The number of sulfonamides is 1. The van der Waals surface area contributed by atoms with Crippen LogP contribution >= 0.6 is 0 Å². The summed E-state index contributed by atoms with van der Waals surface area (Å²) in [6.45, 7) is 7.85. The summed E-state index contributed by atoms with van der Waals surface area (Å²) in [5.41, 5.74) is 4.19. The van der Waals surface area contributed by atoms with Gasteiger partial charge in [-0.25, -0.2) is 8.42 Å². The van der Waals surface area contributed by atoms with Gasteiger partial charge in [-0.3, -0.25) is 9.52 Å². The van der Waals surface area contributed by atoms with Gasteiger partial charge in [0.25, 0.3) is 15.9 Å². The Kier molecular flexibility index (Phi) is 6.27. The van der Waals surface area contributed by atoms with Crippen LogP contribution in [0.5, 0.6) is 0 Å². The summed E-state index contributed by atoms with van der Waals surface area (Å²) in [5.74, 6) is -0.0187. The van der Waals surface area contributed by atoms with E-state index >= 15 is 0 Å². The molecule has 0 spiro atoms. The van der Waals surface area contributed by atoms with Gasteiger partial charge in [-0.1, -0.05) is 56.3 Å². The summed E-state index contributed by atoms with van der Waals surface area (Å²) in [4.78, 5) is 13.2. The number of carbonyl (C=O) groups is 1. The standard InChI is InChI=1S/C24H26N2O3S/c1-16(2)20-13-8-10-17(3)23(20)25-24(27)21-14-9-15-22(18(21)4)26-30(28,29)19-11-6-5-7-12-19/h5-16,26H,1-4H3,(H,25,27). The summed E-state index contributed by atoms with van der Waals surface area (Å²) in [6.07, 6.45) is 0. The molecular weight excluding hydrogens is 396 g/mol. The first-order valence-corrected chi connectivity index (χ1v) is 11.3. The fraction of sp³-hybridized carbons (Fsp3) is 0.208. The summed E-state index contributed by atoms with van der Waals surface area (Å²) >= 11 is 0. The quantitative estimate of drug-likeness (QED) is 0.552. The second-order valence-corrected chi connectivity index (χ2v) is 9.23. The molecule has 2 N–H and O–H groups in total. The zero-order valence-electron chi connectivity index (χ0n) is 17.6. The number of amides is 1. The SMILES string of the molecule is Cc1cccc(C(C)C)c1NC(=O)c1cccc(NS(=O)(=O)c2ccccc2)c1C. The zero-order valence-corrected chi connectivity index (χ0v) is 18.4. The Bertz CT molecular complexity index is 1170. The average molecular weight is 423 g/mol. The first-order chi connectivity index (χ1) is 14.2. The highest BCUT2D eigenvalue weighted by molar-refractivity contribution is 7.92. The molecule has 0 saturated heterocycles. The number of hydrogen-bond donors (Lipinski definition) is 2. The van der Waals surface area contributed by atoms with E-state index < -0.39 is 10.0 Å². The highest BCUT2D eigenvalue weighted by Crippen LogP contribution is 2.29. The molecule has 5 nitrogen and oxygen atoms in total. The molecule has 0 aromatic heterocycles. The van der Waals surface area contributed by atoms with E-state index in [0.717, 1.165) is 16.8 Å². The van der Waals surface area contributed by atoms with Gasteiger partial charge in [-0.15, -0.1) is 0 Å². The average Bonchev–Trinajstić information content (AvgIpc) is 2.71. The molecule has 0 fully saturated rings. The maximum absolute atomic E-state index is 13.1. The number of anilines is 2. The lowest BCUT2D eigenvalue weighted by molar-refractivity contribution is 0.102. The second kappa shape index (κ2) is 8.71. The smallest absolute Gasteiger partial charge is 0.261 e. The lowest BCUT2D eigenvalue weighted by Crippen LogP contribution is -2.18. The molecule has 0 radical (unpaired) electrons. The van der Waals surface area contributed by atoms with Crippen LogP contribution in [-0.2, 0) is 10.0 Å². The first kappa shape index (κ1) is 21.6. The van der Waals surface area contributed by atoms with Crippen LogP contribution in [0.4, 0.5) is 11.4 Å². The number of carbonyl (C=O) groups excluding carboxylic acids is 1. The molecule has 3 aromatic carbocycles. The Morgan fingerprint density at radius 2 is 1.53 bits per heavy atom. The molecule has 0 unspecified atom stereocenters. The van der Waals surface area contributed by atoms with Crippen molar-refractivity contribution in [2.45, 2.75) is 38.5 Å². The highest BCUT2D eigenvalue weighted by atomic mass is 32.2. The van der Waals surface area contributed by atoms with Crippen LogP contribution in [0.25, 0.3) is 0 Å². The molecule has 6 heteroatoms. The molecule has 0 saturated carbocycles. The van der Waals surface area contributed by atoms with Crippen molar-refractivity contribution in [1.29, 1.82) is 0 Å².